The van der Waals surface area contributed by atoms with Crippen LogP contribution in [0.5, 0.6) is 11.7 Å². The van der Waals surface area contributed by atoms with Crippen LogP contribution in [0.1, 0.15) is 5.69 Å². The third-order valence-electron chi connectivity index (χ3n) is 3.19. The number of aromatic hydroxyl groups is 1. The van der Waals surface area contributed by atoms with Crippen molar-refractivity contribution in [3.05, 3.63) is 57.7 Å². The SMILES string of the molecule is COc1ccc(Cl)cc1-c1nc(C=Nc2ccc(Br)cc2)c(O)o1. The van der Waals surface area contributed by atoms with E-state index < -0.39 is 0 Å². The molecule has 0 saturated carbocycles. The molecule has 0 unspecified atom stereocenters. The molecule has 3 aromatic rings. The van der Waals surface area contributed by atoms with Crippen LogP contribution in [0.3, 0.4) is 0 Å². The smallest absolute Gasteiger partial charge is 0.312 e. The molecule has 0 bridgehead atoms. The maximum Gasteiger partial charge on any atom is 0.312 e. The highest BCUT2D eigenvalue weighted by atomic mass is 79.9. The van der Waals surface area contributed by atoms with Crippen molar-refractivity contribution >= 4 is 39.4 Å². The van der Waals surface area contributed by atoms with Crippen molar-refractivity contribution in [2.75, 3.05) is 7.11 Å². The fraction of sp³-hybridized carbons (Fsp3) is 0.0588. The minimum Gasteiger partial charge on any atom is -0.496 e. The van der Waals surface area contributed by atoms with E-state index in [9.17, 15) is 5.11 Å². The Kier molecular flexibility index (Phi) is 4.87. The van der Waals surface area contributed by atoms with Crippen molar-refractivity contribution in [3.63, 3.8) is 0 Å². The molecule has 3 rings (SSSR count). The molecule has 0 spiro atoms. The van der Waals surface area contributed by atoms with Crippen molar-refractivity contribution < 1.29 is 14.3 Å². The largest absolute Gasteiger partial charge is 0.496 e. The van der Waals surface area contributed by atoms with Gasteiger partial charge in [0.2, 0.25) is 5.89 Å². The second-order valence-corrected chi connectivity index (χ2v) is 6.14. The lowest BCUT2D eigenvalue weighted by molar-refractivity contribution is 0.336. The highest BCUT2D eigenvalue weighted by Gasteiger charge is 2.16. The molecule has 0 saturated heterocycles. The summed E-state index contributed by atoms with van der Waals surface area (Å²) in [7, 11) is 1.53. The number of benzene rings is 2. The molecular weight excluding hydrogens is 396 g/mol. The third kappa shape index (κ3) is 3.60. The van der Waals surface area contributed by atoms with Crippen LogP contribution in [0, 0.1) is 0 Å². The molecule has 0 aliphatic carbocycles. The average molecular weight is 408 g/mol. The molecule has 5 nitrogen and oxygen atoms in total. The van der Waals surface area contributed by atoms with E-state index in [0.717, 1.165) is 10.2 Å². The van der Waals surface area contributed by atoms with E-state index in [1.807, 2.05) is 24.3 Å². The van der Waals surface area contributed by atoms with Crippen LogP contribution in [-0.2, 0) is 0 Å². The fourth-order valence-corrected chi connectivity index (χ4v) is 2.47. The van der Waals surface area contributed by atoms with E-state index >= 15 is 0 Å². The number of oxazole rings is 1. The van der Waals surface area contributed by atoms with Gasteiger partial charge in [-0.15, -0.1) is 0 Å². The van der Waals surface area contributed by atoms with Gasteiger partial charge in [-0.05, 0) is 42.5 Å². The molecule has 1 aromatic heterocycles. The summed E-state index contributed by atoms with van der Waals surface area (Å²) in [6, 6.07) is 12.5. The number of nitrogens with zero attached hydrogens (tertiary/aromatic N) is 2. The van der Waals surface area contributed by atoms with Gasteiger partial charge < -0.3 is 14.3 Å². The Morgan fingerprint density at radius 1 is 1.25 bits per heavy atom. The molecule has 0 atom stereocenters. The van der Waals surface area contributed by atoms with Gasteiger partial charge in [-0.25, -0.2) is 4.98 Å². The molecule has 1 N–H and O–H groups in total. The Hall–Kier alpha value is -2.31. The summed E-state index contributed by atoms with van der Waals surface area (Å²) in [6.45, 7) is 0. The second-order valence-electron chi connectivity index (χ2n) is 4.79. The van der Waals surface area contributed by atoms with Crippen molar-refractivity contribution in [2.45, 2.75) is 0 Å². The highest BCUT2D eigenvalue weighted by molar-refractivity contribution is 9.10. The lowest BCUT2D eigenvalue weighted by Gasteiger charge is -2.04. The van der Waals surface area contributed by atoms with E-state index in [2.05, 4.69) is 25.9 Å². The predicted molar refractivity (Wildman–Crippen MR) is 96.6 cm³/mol. The first-order valence-corrected chi connectivity index (χ1v) is 8.07. The molecule has 0 radical (unpaired) electrons. The zero-order valence-electron chi connectivity index (χ0n) is 12.5. The maximum absolute atomic E-state index is 9.95. The first kappa shape index (κ1) is 16.5. The number of aliphatic imine (C=N–C) groups is 1. The summed E-state index contributed by atoms with van der Waals surface area (Å²) in [4.78, 5) is 8.51. The topological polar surface area (TPSA) is 67.9 Å². The van der Waals surface area contributed by atoms with Crippen LogP contribution >= 0.6 is 27.5 Å². The van der Waals surface area contributed by atoms with Crippen LogP contribution in [0.4, 0.5) is 5.69 Å². The Bertz CT molecular complexity index is 891. The van der Waals surface area contributed by atoms with E-state index in [-0.39, 0.29) is 17.5 Å². The lowest BCUT2D eigenvalue weighted by Crippen LogP contribution is -1.88. The zero-order valence-corrected chi connectivity index (χ0v) is 14.9. The Morgan fingerprint density at radius 3 is 2.71 bits per heavy atom. The monoisotopic (exact) mass is 406 g/mol. The number of methoxy groups -OCH3 is 1. The van der Waals surface area contributed by atoms with E-state index in [4.69, 9.17) is 20.8 Å². The molecule has 1 heterocycles. The van der Waals surface area contributed by atoms with Gasteiger partial charge in [0.15, 0.2) is 5.69 Å². The lowest BCUT2D eigenvalue weighted by atomic mass is 10.2. The number of hydrogen-bond donors (Lipinski definition) is 1. The molecule has 7 heteroatoms. The van der Waals surface area contributed by atoms with Gasteiger partial charge in [0.25, 0.3) is 0 Å². The van der Waals surface area contributed by atoms with E-state index in [0.29, 0.717) is 16.3 Å². The maximum atomic E-state index is 9.95. The molecule has 24 heavy (non-hydrogen) atoms. The number of aromatic nitrogens is 1. The van der Waals surface area contributed by atoms with Crippen molar-refractivity contribution in [2.24, 2.45) is 4.99 Å². The predicted octanol–water partition coefficient (Wildman–Crippen LogP) is 5.22. The highest BCUT2D eigenvalue weighted by Crippen LogP contribution is 2.34. The minimum atomic E-state index is -0.326. The van der Waals surface area contributed by atoms with E-state index in [1.54, 1.807) is 18.2 Å². The van der Waals surface area contributed by atoms with Gasteiger partial charge in [-0.1, -0.05) is 27.5 Å². The molecule has 2 aromatic carbocycles. The molecule has 0 aliphatic heterocycles. The average Bonchev–Trinajstić information content (AvgIpc) is 2.95. The van der Waals surface area contributed by atoms with Crippen LogP contribution in [-0.4, -0.2) is 23.4 Å². The van der Waals surface area contributed by atoms with Gasteiger partial charge in [0, 0.05) is 9.50 Å². The first-order valence-electron chi connectivity index (χ1n) is 6.90. The van der Waals surface area contributed by atoms with Crippen LogP contribution in [0.15, 0.2) is 56.3 Å². The summed E-state index contributed by atoms with van der Waals surface area (Å²) in [5.74, 6) is 0.411. The summed E-state index contributed by atoms with van der Waals surface area (Å²) < 4.78 is 11.5. The van der Waals surface area contributed by atoms with Gasteiger partial charge >= 0.3 is 5.95 Å². The number of ether oxygens (including phenoxy) is 1. The van der Waals surface area contributed by atoms with Gasteiger partial charge in [0.1, 0.15) is 5.75 Å². The standard InChI is InChI=1S/C17H12BrClN2O3/c1-23-15-7-4-11(19)8-13(15)16-21-14(17(22)24-16)9-20-12-5-2-10(18)3-6-12/h2-9,22H,1H3. The normalized spacial score (nSPS) is 11.1. The van der Waals surface area contributed by atoms with Gasteiger partial charge in [0.05, 0.1) is 24.6 Å². The molecular formula is C17H12BrClN2O3. The molecule has 122 valence electrons. The number of hydrogen-bond acceptors (Lipinski definition) is 5. The van der Waals surface area contributed by atoms with Crippen molar-refractivity contribution in [1.29, 1.82) is 0 Å². The van der Waals surface area contributed by atoms with Gasteiger partial charge in [-0.2, -0.15) is 0 Å². The van der Waals surface area contributed by atoms with E-state index in [1.165, 1.54) is 13.3 Å². The number of rotatable bonds is 4. The third-order valence-corrected chi connectivity index (χ3v) is 3.95. The first-order chi connectivity index (χ1) is 11.6. The summed E-state index contributed by atoms with van der Waals surface area (Å²) >= 11 is 9.37. The fourth-order valence-electron chi connectivity index (χ4n) is 2.03. The second kappa shape index (κ2) is 7.07. The Morgan fingerprint density at radius 2 is 2.00 bits per heavy atom. The minimum absolute atomic E-state index is 0.198. The Labute approximate surface area is 151 Å². The molecule has 0 amide bonds. The van der Waals surface area contributed by atoms with Gasteiger partial charge in [-0.3, -0.25) is 4.99 Å². The number of halogens is 2. The summed E-state index contributed by atoms with van der Waals surface area (Å²) in [6.07, 6.45) is 1.43. The quantitative estimate of drug-likeness (QED) is 0.602. The van der Waals surface area contributed by atoms with Crippen molar-refractivity contribution in [3.8, 4) is 23.1 Å². The summed E-state index contributed by atoms with van der Waals surface area (Å²) in [5, 5.41) is 10.5. The molecule has 0 aliphatic rings. The zero-order chi connectivity index (χ0) is 17.1. The van der Waals surface area contributed by atoms with Crippen molar-refractivity contribution in [1.82, 2.24) is 4.98 Å². The summed E-state index contributed by atoms with van der Waals surface area (Å²) in [5.41, 5.74) is 1.49. The van der Waals surface area contributed by atoms with Crippen LogP contribution < -0.4 is 4.74 Å². The van der Waals surface area contributed by atoms with Crippen LogP contribution in [0.25, 0.3) is 11.5 Å². The molecule has 0 fully saturated rings. The Balaban J connectivity index is 1.93. The van der Waals surface area contributed by atoms with Crippen LogP contribution in [0.2, 0.25) is 5.02 Å².